The fraction of sp³-hybridized carbons (Fsp3) is 0.577. The van der Waals surface area contributed by atoms with Crippen LogP contribution in [0.4, 0.5) is 0 Å². The Hall–Kier alpha value is -2.08. The summed E-state index contributed by atoms with van der Waals surface area (Å²) in [5.74, 6) is 1.56. The van der Waals surface area contributed by atoms with Crippen molar-refractivity contribution in [1.29, 1.82) is 0 Å². The number of ketones is 1. The number of Topliss-reactive ketones (excluding diaryl/α,β-unsaturated/α-hetero) is 1. The van der Waals surface area contributed by atoms with Crippen LogP contribution >= 0.6 is 11.8 Å². The standard InChI is InChI=1S/C26H32N2O3S/c1-32-14-11-19(26(31)28-12-5-6-13-28)27-25(30)23-20-17-9-10-18(15-17)22(20)24(29)21(23)16-7-3-2-4-8-16/h2-4,7-8,17-20,22H,5-6,9-15H2,1H3,(H,27,30)/t17-,18+,19+,20+,22-/m1/s1. The molecule has 5 rings (SSSR count). The van der Waals surface area contributed by atoms with Crippen molar-refractivity contribution < 1.29 is 14.4 Å². The van der Waals surface area contributed by atoms with Gasteiger partial charge in [0, 0.05) is 36.1 Å². The van der Waals surface area contributed by atoms with Gasteiger partial charge in [-0.05, 0) is 67.9 Å². The second-order valence-corrected chi connectivity index (χ2v) is 10.7. The van der Waals surface area contributed by atoms with Crippen molar-refractivity contribution in [2.24, 2.45) is 23.7 Å². The Kier molecular flexibility index (Phi) is 6.15. The van der Waals surface area contributed by atoms with Crippen molar-refractivity contribution in [2.75, 3.05) is 25.1 Å². The molecule has 32 heavy (non-hydrogen) atoms. The highest BCUT2D eigenvalue weighted by Crippen LogP contribution is 2.60. The third-order valence-electron chi connectivity index (χ3n) is 8.01. The Balaban J connectivity index is 1.47. The molecule has 0 spiro atoms. The first-order chi connectivity index (χ1) is 15.6. The molecule has 1 heterocycles. The van der Waals surface area contributed by atoms with E-state index in [0.29, 0.717) is 29.4 Å². The molecule has 1 N–H and O–H groups in total. The number of hydrogen-bond acceptors (Lipinski definition) is 4. The molecule has 5 nitrogen and oxygen atoms in total. The van der Waals surface area contributed by atoms with Gasteiger partial charge in [0.15, 0.2) is 5.78 Å². The van der Waals surface area contributed by atoms with Gasteiger partial charge in [-0.3, -0.25) is 14.4 Å². The van der Waals surface area contributed by atoms with E-state index in [2.05, 4.69) is 5.32 Å². The highest BCUT2D eigenvalue weighted by molar-refractivity contribution is 7.98. The number of amides is 2. The highest BCUT2D eigenvalue weighted by Gasteiger charge is 2.58. The van der Waals surface area contributed by atoms with Gasteiger partial charge in [-0.25, -0.2) is 0 Å². The van der Waals surface area contributed by atoms with E-state index in [1.165, 1.54) is 0 Å². The van der Waals surface area contributed by atoms with E-state index < -0.39 is 6.04 Å². The number of thioether (sulfide) groups is 1. The van der Waals surface area contributed by atoms with E-state index in [1.54, 1.807) is 11.8 Å². The Morgan fingerprint density at radius 1 is 1.09 bits per heavy atom. The summed E-state index contributed by atoms with van der Waals surface area (Å²) in [6.07, 6.45) is 7.94. The summed E-state index contributed by atoms with van der Waals surface area (Å²) < 4.78 is 0. The van der Waals surface area contributed by atoms with Gasteiger partial charge in [-0.15, -0.1) is 0 Å². The zero-order chi connectivity index (χ0) is 22.2. The van der Waals surface area contributed by atoms with Crippen molar-refractivity contribution >= 4 is 34.9 Å². The van der Waals surface area contributed by atoms with E-state index in [0.717, 1.165) is 56.5 Å². The molecule has 4 aliphatic rings. The number of carbonyl (C=O) groups is 3. The fourth-order valence-corrected chi connectivity index (χ4v) is 7.08. The lowest BCUT2D eigenvalue weighted by atomic mass is 9.78. The molecule has 1 saturated heterocycles. The highest BCUT2D eigenvalue weighted by atomic mass is 32.2. The van der Waals surface area contributed by atoms with Crippen molar-refractivity contribution in [1.82, 2.24) is 10.2 Å². The number of likely N-dealkylation sites (tertiary alicyclic amines) is 1. The first-order valence-electron chi connectivity index (χ1n) is 12.0. The Bertz CT molecular complexity index is 938. The van der Waals surface area contributed by atoms with E-state index in [9.17, 15) is 14.4 Å². The molecule has 170 valence electrons. The predicted octanol–water partition coefficient (Wildman–Crippen LogP) is 3.55. The minimum absolute atomic E-state index is 0.0135. The average molecular weight is 453 g/mol. The molecule has 3 aliphatic carbocycles. The molecule has 1 aromatic carbocycles. The molecule has 0 unspecified atom stereocenters. The molecule has 1 aromatic rings. The topological polar surface area (TPSA) is 66.5 Å². The summed E-state index contributed by atoms with van der Waals surface area (Å²) in [6, 6.07) is 9.12. The summed E-state index contributed by atoms with van der Waals surface area (Å²) in [7, 11) is 0. The van der Waals surface area contributed by atoms with Crippen LogP contribution in [0.3, 0.4) is 0 Å². The van der Waals surface area contributed by atoms with Gasteiger partial charge in [-0.1, -0.05) is 30.3 Å². The van der Waals surface area contributed by atoms with E-state index in [1.807, 2.05) is 41.5 Å². The first kappa shape index (κ1) is 21.7. The smallest absolute Gasteiger partial charge is 0.248 e. The van der Waals surface area contributed by atoms with E-state index in [4.69, 9.17) is 0 Å². The molecule has 2 amide bonds. The lowest BCUT2D eigenvalue weighted by Crippen LogP contribution is -2.49. The van der Waals surface area contributed by atoms with Gasteiger partial charge >= 0.3 is 0 Å². The van der Waals surface area contributed by atoms with Crippen LogP contribution in [0.2, 0.25) is 0 Å². The number of benzene rings is 1. The normalized spacial score (nSPS) is 29.5. The van der Waals surface area contributed by atoms with Crippen LogP contribution in [0.15, 0.2) is 35.9 Å². The van der Waals surface area contributed by atoms with Crippen LogP contribution < -0.4 is 5.32 Å². The molecule has 0 aromatic heterocycles. The lowest BCUT2D eigenvalue weighted by Gasteiger charge is -2.28. The molecular formula is C26H32N2O3S. The summed E-state index contributed by atoms with van der Waals surface area (Å²) in [6.45, 7) is 1.55. The minimum Gasteiger partial charge on any atom is -0.341 e. The van der Waals surface area contributed by atoms with Crippen molar-refractivity contribution in [2.45, 2.75) is 44.6 Å². The van der Waals surface area contributed by atoms with Gasteiger partial charge in [0.1, 0.15) is 6.04 Å². The molecule has 0 radical (unpaired) electrons. The number of hydrogen-bond donors (Lipinski definition) is 1. The summed E-state index contributed by atoms with van der Waals surface area (Å²) in [5, 5.41) is 3.11. The van der Waals surface area contributed by atoms with Gasteiger partial charge in [0.25, 0.3) is 0 Å². The third-order valence-corrected chi connectivity index (χ3v) is 8.65. The van der Waals surface area contributed by atoms with Crippen LogP contribution in [-0.2, 0) is 14.4 Å². The number of allylic oxidation sites excluding steroid dienone is 1. The van der Waals surface area contributed by atoms with Gasteiger partial charge < -0.3 is 10.2 Å². The number of rotatable bonds is 7. The molecule has 6 heteroatoms. The second-order valence-electron chi connectivity index (χ2n) is 9.74. The van der Waals surface area contributed by atoms with Crippen LogP contribution in [0.25, 0.3) is 5.57 Å². The second kappa shape index (κ2) is 9.05. The maximum Gasteiger partial charge on any atom is 0.248 e. The van der Waals surface area contributed by atoms with Gasteiger partial charge in [-0.2, -0.15) is 11.8 Å². The van der Waals surface area contributed by atoms with Crippen LogP contribution in [0, 0.1) is 23.7 Å². The van der Waals surface area contributed by atoms with Crippen molar-refractivity contribution in [3.63, 3.8) is 0 Å². The molecule has 2 saturated carbocycles. The van der Waals surface area contributed by atoms with Crippen molar-refractivity contribution in [3.8, 4) is 0 Å². The fourth-order valence-electron chi connectivity index (χ4n) is 6.60. The Labute approximate surface area is 194 Å². The van der Waals surface area contributed by atoms with Crippen molar-refractivity contribution in [3.05, 3.63) is 41.5 Å². The summed E-state index contributed by atoms with van der Waals surface area (Å²) in [4.78, 5) is 42.4. The molecule has 3 fully saturated rings. The molecule has 2 bridgehead atoms. The molecular weight excluding hydrogens is 420 g/mol. The summed E-state index contributed by atoms with van der Waals surface area (Å²) in [5.41, 5.74) is 2.09. The van der Waals surface area contributed by atoms with Crippen LogP contribution in [0.5, 0.6) is 0 Å². The quantitative estimate of drug-likeness (QED) is 0.687. The molecule has 1 aliphatic heterocycles. The predicted molar refractivity (Wildman–Crippen MR) is 127 cm³/mol. The zero-order valence-electron chi connectivity index (χ0n) is 18.7. The Morgan fingerprint density at radius 3 is 2.47 bits per heavy atom. The SMILES string of the molecule is CSCC[C@H](NC(=O)C1=C(c2ccccc2)C(=O)[C@@H]2[C@H]3CC[C@H](C3)[C@H]12)C(=O)N1CCCC1. The van der Waals surface area contributed by atoms with E-state index in [-0.39, 0.29) is 29.4 Å². The first-order valence-corrected chi connectivity index (χ1v) is 13.4. The minimum atomic E-state index is -0.523. The lowest BCUT2D eigenvalue weighted by molar-refractivity contribution is -0.135. The maximum absolute atomic E-state index is 13.8. The van der Waals surface area contributed by atoms with Gasteiger partial charge in [0.05, 0.1) is 0 Å². The number of fused-ring (bicyclic) bond motifs is 5. The third kappa shape index (κ3) is 3.70. The average Bonchev–Trinajstić information content (AvgIpc) is 3.60. The summed E-state index contributed by atoms with van der Waals surface area (Å²) >= 11 is 1.68. The van der Waals surface area contributed by atoms with Gasteiger partial charge in [0.2, 0.25) is 11.8 Å². The monoisotopic (exact) mass is 452 g/mol. The zero-order valence-corrected chi connectivity index (χ0v) is 19.5. The maximum atomic E-state index is 13.8. The van der Waals surface area contributed by atoms with Crippen LogP contribution in [-0.4, -0.2) is 53.6 Å². The molecule has 5 atom stereocenters. The number of carbonyl (C=O) groups excluding carboxylic acids is 3. The van der Waals surface area contributed by atoms with E-state index >= 15 is 0 Å². The number of nitrogens with one attached hydrogen (secondary N) is 1. The largest absolute Gasteiger partial charge is 0.341 e. The van der Waals surface area contributed by atoms with Crippen LogP contribution in [0.1, 0.15) is 44.1 Å². The Morgan fingerprint density at radius 2 is 1.78 bits per heavy atom. The number of nitrogens with zero attached hydrogens (tertiary/aromatic N) is 1.